The van der Waals surface area contributed by atoms with Gasteiger partial charge in [-0.2, -0.15) is 9.40 Å². The van der Waals surface area contributed by atoms with Crippen molar-refractivity contribution >= 4 is 15.9 Å². The monoisotopic (exact) mass is 376 g/mol. The number of benzene rings is 1. The predicted octanol–water partition coefficient (Wildman–Crippen LogP) is 0.468. The number of ether oxygens (including phenoxy) is 1. The summed E-state index contributed by atoms with van der Waals surface area (Å²) in [5, 5.41) is 6.87. The van der Waals surface area contributed by atoms with Crippen molar-refractivity contribution in [3.8, 4) is 0 Å². The largest absolute Gasteiger partial charge is 0.371 e. The number of sulfonamides is 1. The Morgan fingerprint density at radius 1 is 1.35 bits per heavy atom. The number of nitrogens with zero attached hydrogens (tertiary/aromatic N) is 3. The molecule has 0 bridgehead atoms. The Morgan fingerprint density at radius 3 is 2.96 bits per heavy atom. The number of aryl methyl sites for hydroxylation is 1. The Morgan fingerprint density at radius 2 is 2.19 bits per heavy atom. The molecule has 1 atom stereocenters. The van der Waals surface area contributed by atoms with Gasteiger partial charge in [0.05, 0.1) is 23.8 Å². The van der Waals surface area contributed by atoms with Gasteiger partial charge in [0.1, 0.15) is 0 Å². The van der Waals surface area contributed by atoms with E-state index in [-0.39, 0.29) is 30.0 Å². The molecule has 1 saturated heterocycles. The lowest BCUT2D eigenvalue weighted by Crippen LogP contribution is -2.42. The molecular formula is C17H20N4O4S. The van der Waals surface area contributed by atoms with Crippen LogP contribution in [0, 0.1) is 0 Å². The zero-order chi connectivity index (χ0) is 18.3. The first kappa shape index (κ1) is 17.2. The number of carbonyl (C=O) groups is 1. The van der Waals surface area contributed by atoms with E-state index in [0.717, 1.165) is 11.1 Å². The molecule has 9 heteroatoms. The lowest BCUT2D eigenvalue weighted by molar-refractivity contribution is -0.00259. The molecule has 1 aromatic carbocycles. The highest BCUT2D eigenvalue weighted by Gasteiger charge is 2.33. The van der Waals surface area contributed by atoms with Crippen LogP contribution >= 0.6 is 0 Å². The van der Waals surface area contributed by atoms with Gasteiger partial charge in [-0.15, -0.1) is 0 Å². The number of carbonyl (C=O) groups excluding carboxylic acids is 1. The van der Waals surface area contributed by atoms with Gasteiger partial charge < -0.3 is 10.1 Å². The molecule has 8 nitrogen and oxygen atoms in total. The molecule has 0 radical (unpaired) electrons. The normalized spacial score (nSPS) is 21.3. The van der Waals surface area contributed by atoms with Crippen LogP contribution in [-0.2, 0) is 28.2 Å². The summed E-state index contributed by atoms with van der Waals surface area (Å²) >= 11 is 0. The molecule has 0 spiro atoms. The van der Waals surface area contributed by atoms with Gasteiger partial charge >= 0.3 is 0 Å². The molecule has 1 amide bonds. The maximum Gasteiger partial charge on any atom is 0.251 e. The fraction of sp³-hybridized carbons (Fsp3) is 0.412. The minimum Gasteiger partial charge on any atom is -0.371 e. The van der Waals surface area contributed by atoms with E-state index in [0.29, 0.717) is 25.1 Å². The first-order chi connectivity index (χ1) is 12.4. The van der Waals surface area contributed by atoms with E-state index in [1.54, 1.807) is 30.1 Å². The second kappa shape index (κ2) is 6.49. The summed E-state index contributed by atoms with van der Waals surface area (Å²) in [5.74, 6) is -0.224. The molecule has 1 N–H and O–H groups in total. The average Bonchev–Trinajstić information content (AvgIpc) is 3.08. The Hall–Kier alpha value is -2.23. The smallest absolute Gasteiger partial charge is 0.251 e. The first-order valence-electron chi connectivity index (χ1n) is 8.46. The zero-order valence-corrected chi connectivity index (χ0v) is 15.2. The number of morpholine rings is 1. The third-order valence-electron chi connectivity index (χ3n) is 4.77. The number of hydrogen-bond donors (Lipinski definition) is 1. The quantitative estimate of drug-likeness (QED) is 0.840. The minimum atomic E-state index is -3.71. The molecule has 1 fully saturated rings. The van der Waals surface area contributed by atoms with Crippen molar-refractivity contribution in [1.29, 1.82) is 0 Å². The van der Waals surface area contributed by atoms with Crippen molar-refractivity contribution in [2.45, 2.75) is 17.4 Å². The van der Waals surface area contributed by atoms with Crippen LogP contribution in [0.4, 0.5) is 0 Å². The SMILES string of the molecule is Cn1cc(C2CN(S(=O)(=O)c3ccc4c(c3)C(=O)NCC4)CCO2)cn1. The summed E-state index contributed by atoms with van der Waals surface area (Å²) in [6.45, 7) is 1.39. The van der Waals surface area contributed by atoms with Gasteiger partial charge in [-0.25, -0.2) is 8.42 Å². The maximum absolute atomic E-state index is 13.1. The number of rotatable bonds is 3. The number of fused-ring (bicyclic) bond motifs is 1. The van der Waals surface area contributed by atoms with Crippen LogP contribution in [0.15, 0.2) is 35.5 Å². The molecule has 4 rings (SSSR count). The van der Waals surface area contributed by atoms with Gasteiger partial charge in [-0.1, -0.05) is 6.07 Å². The van der Waals surface area contributed by atoms with Crippen molar-refractivity contribution in [2.75, 3.05) is 26.2 Å². The van der Waals surface area contributed by atoms with E-state index >= 15 is 0 Å². The number of amides is 1. The summed E-state index contributed by atoms with van der Waals surface area (Å²) in [4.78, 5) is 12.2. The highest BCUT2D eigenvalue weighted by Crippen LogP contribution is 2.27. The molecule has 2 aliphatic rings. The predicted molar refractivity (Wildman–Crippen MR) is 93.1 cm³/mol. The fourth-order valence-electron chi connectivity index (χ4n) is 3.35. The third kappa shape index (κ3) is 3.02. The number of nitrogens with one attached hydrogen (secondary N) is 1. The lowest BCUT2D eigenvalue weighted by Gasteiger charge is -2.32. The van der Waals surface area contributed by atoms with Crippen molar-refractivity contribution in [3.05, 3.63) is 47.3 Å². The molecule has 1 aromatic heterocycles. The summed E-state index contributed by atoms with van der Waals surface area (Å²) in [5.41, 5.74) is 2.16. The molecule has 26 heavy (non-hydrogen) atoms. The first-order valence-corrected chi connectivity index (χ1v) is 9.90. The van der Waals surface area contributed by atoms with Crippen molar-refractivity contribution in [1.82, 2.24) is 19.4 Å². The van der Waals surface area contributed by atoms with E-state index in [9.17, 15) is 13.2 Å². The maximum atomic E-state index is 13.1. The van der Waals surface area contributed by atoms with Crippen LogP contribution in [0.2, 0.25) is 0 Å². The Kier molecular flexibility index (Phi) is 4.29. The minimum absolute atomic E-state index is 0.139. The zero-order valence-electron chi connectivity index (χ0n) is 14.4. The van der Waals surface area contributed by atoms with E-state index in [2.05, 4.69) is 10.4 Å². The summed E-state index contributed by atoms with van der Waals surface area (Å²) in [6.07, 6.45) is 3.86. The summed E-state index contributed by atoms with van der Waals surface area (Å²) in [7, 11) is -1.90. The van der Waals surface area contributed by atoms with Gasteiger partial charge in [0, 0.05) is 44.0 Å². The van der Waals surface area contributed by atoms with Gasteiger partial charge in [0.15, 0.2) is 0 Å². The van der Waals surface area contributed by atoms with Gasteiger partial charge in [0.2, 0.25) is 10.0 Å². The molecule has 3 heterocycles. The average molecular weight is 376 g/mol. The van der Waals surface area contributed by atoms with Crippen LogP contribution in [0.3, 0.4) is 0 Å². The van der Waals surface area contributed by atoms with Crippen molar-refractivity contribution in [2.24, 2.45) is 7.05 Å². The highest BCUT2D eigenvalue weighted by atomic mass is 32.2. The van der Waals surface area contributed by atoms with Crippen LogP contribution < -0.4 is 5.32 Å². The molecular weight excluding hydrogens is 356 g/mol. The van der Waals surface area contributed by atoms with Crippen LogP contribution in [0.25, 0.3) is 0 Å². The Labute approximate surface area is 151 Å². The van der Waals surface area contributed by atoms with Crippen molar-refractivity contribution in [3.63, 3.8) is 0 Å². The van der Waals surface area contributed by atoms with Crippen LogP contribution in [-0.4, -0.2) is 54.7 Å². The second-order valence-electron chi connectivity index (χ2n) is 6.49. The Bertz CT molecular complexity index is 953. The van der Waals surface area contributed by atoms with E-state index in [1.807, 2.05) is 6.20 Å². The van der Waals surface area contributed by atoms with Gasteiger partial charge in [-0.05, 0) is 24.1 Å². The Balaban J connectivity index is 1.62. The van der Waals surface area contributed by atoms with Crippen LogP contribution in [0.5, 0.6) is 0 Å². The molecule has 138 valence electrons. The molecule has 0 aliphatic carbocycles. The van der Waals surface area contributed by atoms with E-state index in [4.69, 9.17) is 4.74 Å². The number of aromatic nitrogens is 2. The van der Waals surface area contributed by atoms with Gasteiger partial charge in [0.25, 0.3) is 5.91 Å². The lowest BCUT2D eigenvalue weighted by atomic mass is 10.0. The second-order valence-corrected chi connectivity index (χ2v) is 8.43. The topological polar surface area (TPSA) is 93.5 Å². The standard InChI is InChI=1S/C17H20N4O4S/c1-20-10-13(9-19-20)16-11-21(6-7-25-16)26(23,24)14-3-2-12-4-5-18-17(22)15(12)8-14/h2-3,8-10,16H,4-7,11H2,1H3,(H,18,22). The van der Waals surface area contributed by atoms with E-state index in [1.165, 1.54) is 10.4 Å². The van der Waals surface area contributed by atoms with Crippen molar-refractivity contribution < 1.29 is 17.9 Å². The van der Waals surface area contributed by atoms with Gasteiger partial charge in [-0.3, -0.25) is 9.48 Å². The molecule has 2 aliphatic heterocycles. The molecule has 0 saturated carbocycles. The highest BCUT2D eigenvalue weighted by molar-refractivity contribution is 7.89. The van der Waals surface area contributed by atoms with E-state index < -0.39 is 10.0 Å². The molecule has 2 aromatic rings. The third-order valence-corrected chi connectivity index (χ3v) is 6.63. The fourth-order valence-corrected chi connectivity index (χ4v) is 4.80. The molecule has 1 unspecified atom stereocenters. The summed E-state index contributed by atoms with van der Waals surface area (Å²) < 4.78 is 35.0. The number of hydrogen-bond acceptors (Lipinski definition) is 5. The summed E-state index contributed by atoms with van der Waals surface area (Å²) in [6, 6.07) is 4.80. The van der Waals surface area contributed by atoms with Crippen LogP contribution in [0.1, 0.15) is 27.6 Å².